The van der Waals surface area contributed by atoms with Gasteiger partial charge in [0.1, 0.15) is 11.7 Å². The van der Waals surface area contributed by atoms with Crippen molar-refractivity contribution < 1.29 is 14.6 Å². The first-order valence-electron chi connectivity index (χ1n) is 6.26. The van der Waals surface area contributed by atoms with Gasteiger partial charge in [0, 0.05) is 11.8 Å². The van der Waals surface area contributed by atoms with Crippen molar-refractivity contribution in [3.05, 3.63) is 53.5 Å². The molecule has 0 aliphatic heterocycles. The van der Waals surface area contributed by atoms with Gasteiger partial charge < -0.3 is 9.84 Å². The number of rotatable bonds is 5. The van der Waals surface area contributed by atoms with Gasteiger partial charge in [0.25, 0.3) is 0 Å². The van der Waals surface area contributed by atoms with Crippen molar-refractivity contribution in [3.63, 3.8) is 0 Å². The molecule has 2 aromatic rings. The van der Waals surface area contributed by atoms with Crippen LogP contribution in [0.15, 0.2) is 36.4 Å². The number of carboxylic acid groups (broad SMARTS) is 1. The maximum atomic E-state index is 11.5. The van der Waals surface area contributed by atoms with Gasteiger partial charge in [0.15, 0.2) is 0 Å². The summed E-state index contributed by atoms with van der Waals surface area (Å²) in [7, 11) is 1.50. The average Bonchev–Trinajstić information content (AvgIpc) is 2.44. The number of ether oxygens (including phenoxy) is 1. The summed E-state index contributed by atoms with van der Waals surface area (Å²) in [4.78, 5) is 19.9. The lowest BCUT2D eigenvalue weighted by Crippen LogP contribution is -2.18. The van der Waals surface area contributed by atoms with E-state index in [-0.39, 0.29) is 5.82 Å². The molecule has 20 heavy (non-hydrogen) atoms. The lowest BCUT2D eigenvalue weighted by molar-refractivity contribution is -0.139. The van der Waals surface area contributed by atoms with Crippen LogP contribution in [0.5, 0.6) is 5.88 Å². The van der Waals surface area contributed by atoms with Crippen LogP contribution in [0.3, 0.4) is 0 Å². The molecule has 0 saturated carbocycles. The molecule has 0 amide bonds. The number of methoxy groups -OCH3 is 1. The molecule has 1 heterocycles. The zero-order chi connectivity index (χ0) is 14.5. The Bertz CT molecular complexity index is 599. The molecule has 1 unspecified atom stereocenters. The van der Waals surface area contributed by atoms with Gasteiger partial charge in [-0.2, -0.15) is 4.98 Å². The van der Waals surface area contributed by atoms with Crippen LogP contribution in [0.2, 0.25) is 0 Å². The molecular formula is C15H16N2O3. The first kappa shape index (κ1) is 14.0. The summed E-state index contributed by atoms with van der Waals surface area (Å²) in [5.74, 6) is -1.07. The van der Waals surface area contributed by atoms with Crippen molar-refractivity contribution in [2.45, 2.75) is 19.3 Å². The van der Waals surface area contributed by atoms with E-state index in [4.69, 9.17) is 4.74 Å². The molecule has 0 bridgehead atoms. The summed E-state index contributed by atoms with van der Waals surface area (Å²) >= 11 is 0. The second kappa shape index (κ2) is 6.14. The highest BCUT2D eigenvalue weighted by atomic mass is 16.5. The fourth-order valence-electron chi connectivity index (χ4n) is 1.96. The largest absolute Gasteiger partial charge is 0.481 e. The number of aryl methyl sites for hydroxylation is 1. The molecule has 5 nitrogen and oxygen atoms in total. The van der Waals surface area contributed by atoms with Gasteiger partial charge in [0.2, 0.25) is 5.88 Å². The molecule has 104 valence electrons. The summed E-state index contributed by atoms with van der Waals surface area (Å²) in [5.41, 5.74) is 1.62. The van der Waals surface area contributed by atoms with Crippen LogP contribution in [-0.2, 0) is 11.2 Å². The van der Waals surface area contributed by atoms with Gasteiger partial charge in [-0.25, -0.2) is 4.98 Å². The minimum absolute atomic E-state index is 0.276. The van der Waals surface area contributed by atoms with Gasteiger partial charge in [-0.3, -0.25) is 4.79 Å². The van der Waals surface area contributed by atoms with Crippen LogP contribution in [0, 0.1) is 6.92 Å². The van der Waals surface area contributed by atoms with E-state index in [9.17, 15) is 9.90 Å². The van der Waals surface area contributed by atoms with Gasteiger partial charge in [-0.15, -0.1) is 0 Å². The van der Waals surface area contributed by atoms with Crippen molar-refractivity contribution in [1.29, 1.82) is 0 Å². The lowest BCUT2D eigenvalue weighted by Gasteiger charge is -2.12. The second-order valence-electron chi connectivity index (χ2n) is 4.49. The third-order valence-corrected chi connectivity index (χ3v) is 2.95. The molecular weight excluding hydrogens is 256 g/mol. The number of aliphatic carboxylic acids is 1. The van der Waals surface area contributed by atoms with Crippen LogP contribution in [0.4, 0.5) is 0 Å². The highest BCUT2D eigenvalue weighted by Gasteiger charge is 2.24. The van der Waals surface area contributed by atoms with Crippen LogP contribution in [-0.4, -0.2) is 28.2 Å². The molecule has 0 fully saturated rings. The number of hydrogen-bond donors (Lipinski definition) is 1. The van der Waals surface area contributed by atoms with E-state index in [0.29, 0.717) is 18.0 Å². The Labute approximate surface area is 117 Å². The molecule has 1 aromatic carbocycles. The first-order chi connectivity index (χ1) is 9.60. The van der Waals surface area contributed by atoms with Crippen molar-refractivity contribution in [3.8, 4) is 5.88 Å². The maximum Gasteiger partial charge on any atom is 0.314 e. The Kier molecular flexibility index (Phi) is 4.30. The smallest absolute Gasteiger partial charge is 0.314 e. The number of benzene rings is 1. The summed E-state index contributed by atoms with van der Waals surface area (Å²) in [6.07, 6.45) is 0.350. The third kappa shape index (κ3) is 3.32. The summed E-state index contributed by atoms with van der Waals surface area (Å²) in [5, 5.41) is 9.42. The zero-order valence-corrected chi connectivity index (χ0v) is 11.4. The third-order valence-electron chi connectivity index (χ3n) is 2.95. The summed E-state index contributed by atoms with van der Waals surface area (Å²) in [6.45, 7) is 1.79. The number of nitrogens with zero attached hydrogens (tertiary/aromatic N) is 2. The molecule has 0 radical (unpaired) electrons. The highest BCUT2D eigenvalue weighted by Crippen LogP contribution is 2.21. The summed E-state index contributed by atoms with van der Waals surface area (Å²) in [6, 6.07) is 11.1. The lowest BCUT2D eigenvalue weighted by atomic mass is 9.98. The number of carbonyl (C=O) groups is 1. The molecule has 0 saturated heterocycles. The van der Waals surface area contributed by atoms with E-state index < -0.39 is 11.9 Å². The molecule has 0 spiro atoms. The quantitative estimate of drug-likeness (QED) is 0.903. The molecule has 2 rings (SSSR count). The maximum absolute atomic E-state index is 11.5. The Hall–Kier alpha value is -2.43. The van der Waals surface area contributed by atoms with Crippen molar-refractivity contribution in [2.24, 2.45) is 0 Å². The van der Waals surface area contributed by atoms with Crippen LogP contribution < -0.4 is 4.74 Å². The minimum atomic E-state index is -0.943. The number of aromatic nitrogens is 2. The molecule has 1 atom stereocenters. The minimum Gasteiger partial charge on any atom is -0.481 e. The van der Waals surface area contributed by atoms with E-state index in [1.807, 2.05) is 30.3 Å². The molecule has 1 N–H and O–H groups in total. The van der Waals surface area contributed by atoms with Gasteiger partial charge in [0.05, 0.1) is 7.11 Å². The Morgan fingerprint density at radius 1 is 1.30 bits per heavy atom. The standard InChI is InChI=1S/C15H16N2O3/c1-10-8-13(20-2)17-14(16-10)12(15(18)19)9-11-6-4-3-5-7-11/h3-8,12H,9H2,1-2H3,(H,18,19). The topological polar surface area (TPSA) is 72.3 Å². The molecule has 0 aliphatic carbocycles. The molecule has 0 aliphatic rings. The highest BCUT2D eigenvalue weighted by molar-refractivity contribution is 5.75. The predicted molar refractivity (Wildman–Crippen MR) is 73.8 cm³/mol. The fourth-order valence-corrected chi connectivity index (χ4v) is 1.96. The number of carboxylic acids is 1. The SMILES string of the molecule is COc1cc(C)nc(C(Cc2ccccc2)C(=O)O)n1. The number of hydrogen-bond acceptors (Lipinski definition) is 4. The molecule has 5 heteroatoms. The average molecular weight is 272 g/mol. The van der Waals surface area contributed by atoms with Gasteiger partial charge >= 0.3 is 5.97 Å². The van der Waals surface area contributed by atoms with Crippen molar-refractivity contribution in [1.82, 2.24) is 9.97 Å². The van der Waals surface area contributed by atoms with E-state index in [1.54, 1.807) is 13.0 Å². The van der Waals surface area contributed by atoms with E-state index in [1.165, 1.54) is 7.11 Å². The van der Waals surface area contributed by atoms with Crippen LogP contribution in [0.25, 0.3) is 0 Å². The second-order valence-corrected chi connectivity index (χ2v) is 4.49. The Morgan fingerprint density at radius 3 is 2.60 bits per heavy atom. The zero-order valence-electron chi connectivity index (χ0n) is 11.4. The monoisotopic (exact) mass is 272 g/mol. The van der Waals surface area contributed by atoms with Crippen LogP contribution >= 0.6 is 0 Å². The first-order valence-corrected chi connectivity index (χ1v) is 6.26. The normalized spacial score (nSPS) is 11.9. The molecule has 1 aromatic heterocycles. The Morgan fingerprint density at radius 2 is 2.00 bits per heavy atom. The van der Waals surface area contributed by atoms with Crippen molar-refractivity contribution >= 4 is 5.97 Å². The van der Waals surface area contributed by atoms with Crippen LogP contribution in [0.1, 0.15) is 23.0 Å². The Balaban J connectivity index is 2.34. The predicted octanol–water partition coefficient (Wildman–Crippen LogP) is 2.20. The van der Waals surface area contributed by atoms with Gasteiger partial charge in [-0.1, -0.05) is 30.3 Å². The van der Waals surface area contributed by atoms with E-state index in [2.05, 4.69) is 9.97 Å². The fraction of sp³-hybridized carbons (Fsp3) is 0.267. The van der Waals surface area contributed by atoms with E-state index in [0.717, 1.165) is 5.56 Å². The van der Waals surface area contributed by atoms with E-state index >= 15 is 0 Å². The van der Waals surface area contributed by atoms with Crippen molar-refractivity contribution in [2.75, 3.05) is 7.11 Å². The van der Waals surface area contributed by atoms with Gasteiger partial charge in [-0.05, 0) is 18.9 Å². The summed E-state index contributed by atoms with van der Waals surface area (Å²) < 4.78 is 5.07.